The third-order valence-electron chi connectivity index (χ3n) is 14.6. The smallest absolute Gasteiger partial charge is 0.293 e. The van der Waals surface area contributed by atoms with Crippen molar-refractivity contribution in [3.8, 4) is 0 Å². The van der Waals surface area contributed by atoms with E-state index in [2.05, 4.69) is 33.8 Å². The lowest BCUT2D eigenvalue weighted by Gasteiger charge is -2.50. The lowest BCUT2D eigenvalue weighted by molar-refractivity contribution is -0.340. The minimum absolute atomic E-state index is 0.0564. The van der Waals surface area contributed by atoms with E-state index in [-0.39, 0.29) is 36.9 Å². The van der Waals surface area contributed by atoms with E-state index >= 15 is 0 Å². The van der Waals surface area contributed by atoms with Gasteiger partial charge >= 0.3 is 0 Å². The number of methoxy groups -OCH3 is 2. The molecule has 3 N–H and O–H groups in total. The van der Waals surface area contributed by atoms with E-state index in [1.54, 1.807) is 21.1 Å². The van der Waals surface area contributed by atoms with E-state index in [1.165, 1.54) is 0 Å². The third kappa shape index (κ3) is 11.1. The monoisotopic (exact) mass is 877 g/mol. The molecule has 5 saturated heterocycles. The average molecular weight is 877 g/mol. The Hall–Kier alpha value is -2.05. The maximum atomic E-state index is 11.6. The van der Waals surface area contributed by atoms with E-state index < -0.39 is 72.8 Å². The van der Waals surface area contributed by atoms with Gasteiger partial charge < -0.3 is 62.7 Å². The van der Waals surface area contributed by atoms with Crippen molar-refractivity contribution in [3.63, 3.8) is 0 Å². The number of allylic oxidation sites excluding steroid dienone is 2. The molecule has 6 aliphatic rings. The number of aliphatic hydroxyl groups is 3. The van der Waals surface area contributed by atoms with Crippen molar-refractivity contribution >= 4 is 6.47 Å². The molecule has 3 unspecified atom stereocenters. The highest BCUT2D eigenvalue weighted by molar-refractivity contribution is 5.37. The minimum atomic E-state index is -1.28. The fourth-order valence-corrected chi connectivity index (χ4v) is 10.4. The Morgan fingerprint density at radius 2 is 1.74 bits per heavy atom. The summed E-state index contributed by atoms with van der Waals surface area (Å²) in [6, 6.07) is 0. The summed E-state index contributed by atoms with van der Waals surface area (Å²) in [5, 5.41) is 32.9. The summed E-state index contributed by atoms with van der Waals surface area (Å²) in [4.78, 5) is 11.6. The summed E-state index contributed by atoms with van der Waals surface area (Å²) in [7, 11) is 3.22. The van der Waals surface area contributed by atoms with Gasteiger partial charge in [-0.2, -0.15) is 0 Å². The van der Waals surface area contributed by atoms with Crippen LogP contribution in [0.2, 0.25) is 0 Å². The molecule has 5 aliphatic heterocycles. The molecular weight excluding hydrogens is 801 g/mol. The molecule has 0 aromatic heterocycles. The van der Waals surface area contributed by atoms with Gasteiger partial charge in [0.15, 0.2) is 18.4 Å². The van der Waals surface area contributed by atoms with Gasteiger partial charge in [-0.25, -0.2) is 0 Å². The maximum absolute atomic E-state index is 11.6. The molecular formula is C48H76O14. The van der Waals surface area contributed by atoms with Crippen LogP contribution in [0, 0.1) is 17.8 Å². The van der Waals surface area contributed by atoms with Crippen molar-refractivity contribution in [3.05, 3.63) is 47.1 Å². The first-order chi connectivity index (χ1) is 29.5. The maximum Gasteiger partial charge on any atom is 0.293 e. The number of ether oxygens (including phenoxy) is 10. The highest BCUT2D eigenvalue weighted by atomic mass is 16.7. The molecule has 14 nitrogen and oxygen atoms in total. The Bertz CT molecular complexity index is 1590. The van der Waals surface area contributed by atoms with Crippen LogP contribution in [-0.2, 0) is 52.2 Å². The lowest BCUT2D eigenvalue weighted by atomic mass is 9.78. The SMILES string of the molecule is CC[C@H](C)C1O[C@]2(CC[C@@H]1C)C[C@@H](OC=O)C[C@@H](C/C=C(\C)[C@@H](O[C@H]1C[C@H](OC)[C@@H](O[C@H]3CC(OC)[C@@H](O)[C@H](C)O3)[C@H](C)O1)[C@@H](C)/C=C/C=C1\CO[C@@H]3[C@H](O)C(C)=CCC13O)O2. The van der Waals surface area contributed by atoms with E-state index in [9.17, 15) is 20.1 Å². The molecule has 1 aliphatic carbocycles. The number of aliphatic hydroxyl groups excluding tert-OH is 2. The number of fused-ring (bicyclic) bond motifs is 1. The first-order valence-electron chi connectivity index (χ1n) is 23.1. The molecule has 0 saturated carbocycles. The second kappa shape index (κ2) is 21.5. The highest BCUT2D eigenvalue weighted by Gasteiger charge is 2.52. The Morgan fingerprint density at radius 1 is 1.02 bits per heavy atom. The Balaban J connectivity index is 1.20. The fourth-order valence-electron chi connectivity index (χ4n) is 10.4. The zero-order valence-electron chi connectivity index (χ0n) is 38.7. The second-order valence-electron chi connectivity index (χ2n) is 19.0. The van der Waals surface area contributed by atoms with Gasteiger partial charge in [-0.1, -0.05) is 64.5 Å². The van der Waals surface area contributed by atoms with Crippen LogP contribution in [0.4, 0.5) is 0 Å². The molecule has 0 radical (unpaired) electrons. The molecule has 1 spiro atoms. The zero-order valence-corrected chi connectivity index (χ0v) is 38.7. The molecule has 0 aromatic carbocycles. The van der Waals surface area contributed by atoms with Gasteiger partial charge in [-0.15, -0.1) is 0 Å². The predicted molar refractivity (Wildman–Crippen MR) is 230 cm³/mol. The van der Waals surface area contributed by atoms with E-state index in [1.807, 2.05) is 45.1 Å². The summed E-state index contributed by atoms with van der Waals surface area (Å²) in [5.74, 6) is -0.212. The van der Waals surface area contributed by atoms with Crippen molar-refractivity contribution in [2.24, 2.45) is 17.8 Å². The van der Waals surface area contributed by atoms with Crippen molar-refractivity contribution in [2.45, 2.75) is 210 Å². The summed E-state index contributed by atoms with van der Waals surface area (Å²) in [6.07, 6.45) is 8.63. The van der Waals surface area contributed by atoms with Crippen LogP contribution >= 0.6 is 0 Å². The summed E-state index contributed by atoms with van der Waals surface area (Å²) in [6.45, 7) is 17.1. The Morgan fingerprint density at radius 3 is 2.45 bits per heavy atom. The Kier molecular flexibility index (Phi) is 17.1. The molecule has 14 heteroatoms. The van der Waals surface area contributed by atoms with Gasteiger partial charge in [0, 0.05) is 58.7 Å². The van der Waals surface area contributed by atoms with Crippen molar-refractivity contribution in [1.82, 2.24) is 0 Å². The molecule has 6 rings (SSSR count). The number of carbonyl (C=O) groups excluding carboxylic acids is 1. The van der Waals surface area contributed by atoms with Crippen LogP contribution in [0.1, 0.15) is 113 Å². The van der Waals surface area contributed by atoms with Crippen LogP contribution in [-0.4, -0.2) is 140 Å². The zero-order chi connectivity index (χ0) is 44.9. The molecule has 0 amide bonds. The molecule has 0 aromatic rings. The lowest BCUT2D eigenvalue weighted by Crippen LogP contribution is -2.55. The van der Waals surface area contributed by atoms with Crippen molar-refractivity contribution in [1.29, 1.82) is 0 Å². The van der Waals surface area contributed by atoms with Gasteiger partial charge in [0.25, 0.3) is 6.47 Å². The predicted octanol–water partition coefficient (Wildman–Crippen LogP) is 5.99. The molecule has 5 heterocycles. The number of hydrogen-bond donors (Lipinski definition) is 3. The quantitative estimate of drug-likeness (QED) is 0.122. The van der Waals surface area contributed by atoms with Gasteiger partial charge in [0.1, 0.15) is 36.1 Å². The van der Waals surface area contributed by atoms with E-state index in [0.717, 1.165) is 30.4 Å². The summed E-state index contributed by atoms with van der Waals surface area (Å²) >= 11 is 0. The van der Waals surface area contributed by atoms with Crippen LogP contribution in [0.15, 0.2) is 47.1 Å². The fraction of sp³-hybridized carbons (Fsp3) is 0.812. The molecule has 5 fully saturated rings. The molecule has 0 bridgehead atoms. The minimum Gasteiger partial charge on any atom is -0.464 e. The largest absolute Gasteiger partial charge is 0.464 e. The molecule has 62 heavy (non-hydrogen) atoms. The van der Waals surface area contributed by atoms with Gasteiger partial charge in [0.2, 0.25) is 0 Å². The van der Waals surface area contributed by atoms with E-state index in [0.29, 0.717) is 62.4 Å². The first-order valence-corrected chi connectivity index (χ1v) is 23.1. The highest BCUT2D eigenvalue weighted by Crippen LogP contribution is 2.45. The third-order valence-corrected chi connectivity index (χ3v) is 14.6. The van der Waals surface area contributed by atoms with Crippen LogP contribution in [0.25, 0.3) is 0 Å². The summed E-state index contributed by atoms with van der Waals surface area (Å²) in [5.41, 5.74) is 1.21. The van der Waals surface area contributed by atoms with Crippen molar-refractivity contribution < 1.29 is 67.5 Å². The topological polar surface area (TPSA) is 170 Å². The van der Waals surface area contributed by atoms with Crippen LogP contribution in [0.5, 0.6) is 0 Å². The average Bonchev–Trinajstić information content (AvgIpc) is 3.59. The molecule has 19 atom stereocenters. The number of carbonyl (C=O) groups is 1. The Labute approximate surface area is 369 Å². The van der Waals surface area contributed by atoms with Gasteiger partial charge in [0.05, 0.1) is 49.3 Å². The first kappa shape index (κ1) is 49.4. The van der Waals surface area contributed by atoms with Crippen LogP contribution in [0.3, 0.4) is 0 Å². The van der Waals surface area contributed by atoms with E-state index in [4.69, 9.17) is 47.4 Å². The van der Waals surface area contributed by atoms with Crippen molar-refractivity contribution in [2.75, 3.05) is 20.8 Å². The second-order valence-corrected chi connectivity index (χ2v) is 19.0. The van der Waals surface area contributed by atoms with Crippen LogP contribution < -0.4 is 0 Å². The van der Waals surface area contributed by atoms with Gasteiger partial charge in [-0.3, -0.25) is 4.79 Å². The van der Waals surface area contributed by atoms with Gasteiger partial charge in [-0.05, 0) is 69.1 Å². The normalized spacial score (nSPS) is 43.9. The standard InChI is InChI=1S/C48H76O14/c1-11-27(2)44-31(6)17-19-47(62-44)24-36(56-26-49)21-35(61-47)16-15-30(5)43(29(4)13-12-14-34-25-55-46-41(50)28(3)18-20-48(34,46)52)59-40-23-38(54-10)45(33(8)58-40)60-39-22-37(53-9)42(51)32(7)57-39/h12-15,18,26-27,29,31-33,35-46,50-52H,11,16-17,19-25H2,1-10H3/b13-12+,30-15+,34-14+/t27-,29-,31-,32-,33-,35+,36-,37?,38-,39-,40-,41+,42-,43-,44?,45-,46+,47+,48?/m0/s1. The summed E-state index contributed by atoms with van der Waals surface area (Å²) < 4.78 is 62.7. The number of hydrogen-bond acceptors (Lipinski definition) is 14. The molecule has 352 valence electrons. The number of rotatable bonds is 16.